The Bertz CT molecular complexity index is 618. The Labute approximate surface area is 119 Å². The van der Waals surface area contributed by atoms with Crippen molar-refractivity contribution in [2.24, 2.45) is 0 Å². The van der Waals surface area contributed by atoms with Gasteiger partial charge in [0, 0.05) is 17.3 Å². The molecule has 0 heterocycles. The first-order chi connectivity index (χ1) is 9.97. The summed E-state index contributed by atoms with van der Waals surface area (Å²) in [7, 11) is 0. The van der Waals surface area contributed by atoms with Crippen molar-refractivity contribution in [1.82, 2.24) is 0 Å². The molecule has 0 aliphatic heterocycles. The van der Waals surface area contributed by atoms with Crippen LogP contribution in [0.4, 0.5) is 23.2 Å². The fourth-order valence-corrected chi connectivity index (χ4v) is 1.94. The molecule has 0 aromatic heterocycles. The largest absolute Gasteiger partial charge is 0.432 e. The molecule has 112 valence electrons. The third-order valence-corrected chi connectivity index (χ3v) is 2.90. The van der Waals surface area contributed by atoms with Crippen LogP contribution in [0.1, 0.15) is 18.5 Å². The predicted molar refractivity (Wildman–Crippen MR) is 71.5 cm³/mol. The fourth-order valence-electron chi connectivity index (χ4n) is 1.94. The van der Waals surface area contributed by atoms with Crippen molar-refractivity contribution in [1.29, 1.82) is 0 Å². The van der Waals surface area contributed by atoms with E-state index in [1.54, 1.807) is 25.1 Å². The Morgan fingerprint density at radius 3 is 2.33 bits per heavy atom. The molecule has 0 amide bonds. The van der Waals surface area contributed by atoms with Gasteiger partial charge in [0.25, 0.3) is 0 Å². The van der Waals surface area contributed by atoms with Crippen molar-refractivity contribution in [2.45, 2.75) is 19.6 Å². The summed E-state index contributed by atoms with van der Waals surface area (Å²) in [6.07, 6.45) is 0. The molecule has 21 heavy (non-hydrogen) atoms. The van der Waals surface area contributed by atoms with Crippen LogP contribution in [0.5, 0.6) is 5.75 Å². The number of alkyl halides is 2. The lowest BCUT2D eigenvalue weighted by Crippen LogP contribution is -2.09. The van der Waals surface area contributed by atoms with Gasteiger partial charge in [-0.1, -0.05) is 18.2 Å². The number of anilines is 1. The Morgan fingerprint density at radius 2 is 1.71 bits per heavy atom. The quantitative estimate of drug-likeness (QED) is 0.805. The van der Waals surface area contributed by atoms with Crippen LogP contribution in [-0.2, 0) is 0 Å². The van der Waals surface area contributed by atoms with Crippen LogP contribution in [-0.4, -0.2) is 6.61 Å². The van der Waals surface area contributed by atoms with Gasteiger partial charge in [-0.2, -0.15) is 8.78 Å². The van der Waals surface area contributed by atoms with Crippen molar-refractivity contribution in [3.05, 3.63) is 59.7 Å². The minimum Gasteiger partial charge on any atom is -0.432 e. The molecule has 1 unspecified atom stereocenters. The van der Waals surface area contributed by atoms with Gasteiger partial charge >= 0.3 is 6.61 Å². The van der Waals surface area contributed by atoms with E-state index in [1.165, 1.54) is 12.1 Å². The molecule has 0 radical (unpaired) electrons. The van der Waals surface area contributed by atoms with Crippen molar-refractivity contribution in [2.75, 3.05) is 5.32 Å². The maximum absolute atomic E-state index is 13.6. The van der Waals surface area contributed by atoms with Crippen LogP contribution < -0.4 is 10.1 Å². The zero-order valence-electron chi connectivity index (χ0n) is 11.1. The summed E-state index contributed by atoms with van der Waals surface area (Å²) in [5.41, 5.74) is 0.760. The molecule has 2 aromatic rings. The molecular formula is C15H13F4NO. The standard InChI is InChI=1S/C15H13F4NO/c1-9(11-4-2-3-5-12(11)16)20-10-6-7-14(13(17)8-10)21-15(18)19/h2-9,15,20H,1H3. The zero-order valence-corrected chi connectivity index (χ0v) is 11.1. The number of halogens is 4. The van der Waals surface area contributed by atoms with Gasteiger partial charge in [-0.25, -0.2) is 8.78 Å². The first-order valence-corrected chi connectivity index (χ1v) is 6.22. The Hall–Kier alpha value is -2.24. The number of nitrogens with one attached hydrogen (secondary N) is 1. The highest BCUT2D eigenvalue weighted by Gasteiger charge is 2.13. The van der Waals surface area contributed by atoms with E-state index in [2.05, 4.69) is 10.1 Å². The maximum atomic E-state index is 13.6. The van der Waals surface area contributed by atoms with E-state index < -0.39 is 24.2 Å². The van der Waals surface area contributed by atoms with Crippen LogP contribution in [0, 0.1) is 11.6 Å². The molecule has 0 saturated heterocycles. The second-order valence-corrected chi connectivity index (χ2v) is 4.41. The lowest BCUT2D eigenvalue weighted by atomic mass is 10.1. The minimum absolute atomic E-state index is 0.338. The summed E-state index contributed by atoms with van der Waals surface area (Å²) < 4.78 is 55.3. The molecule has 0 saturated carbocycles. The Kier molecular flexibility index (Phi) is 4.67. The highest BCUT2D eigenvalue weighted by Crippen LogP contribution is 2.26. The van der Waals surface area contributed by atoms with E-state index in [9.17, 15) is 17.6 Å². The van der Waals surface area contributed by atoms with Gasteiger partial charge in [-0.15, -0.1) is 0 Å². The van der Waals surface area contributed by atoms with Crippen LogP contribution in [0.25, 0.3) is 0 Å². The summed E-state index contributed by atoms with van der Waals surface area (Å²) >= 11 is 0. The van der Waals surface area contributed by atoms with E-state index in [4.69, 9.17) is 0 Å². The van der Waals surface area contributed by atoms with Crippen molar-refractivity contribution in [3.8, 4) is 5.75 Å². The van der Waals surface area contributed by atoms with Gasteiger partial charge in [-0.05, 0) is 25.1 Å². The fraction of sp³-hybridized carbons (Fsp3) is 0.200. The van der Waals surface area contributed by atoms with E-state index >= 15 is 0 Å². The lowest BCUT2D eigenvalue weighted by Gasteiger charge is -2.17. The minimum atomic E-state index is -3.09. The van der Waals surface area contributed by atoms with E-state index in [1.807, 2.05) is 0 Å². The number of rotatable bonds is 5. The SMILES string of the molecule is CC(Nc1ccc(OC(F)F)c(F)c1)c1ccccc1F. The Balaban J connectivity index is 2.13. The summed E-state index contributed by atoms with van der Waals surface area (Å²) in [4.78, 5) is 0. The summed E-state index contributed by atoms with van der Waals surface area (Å²) in [5, 5.41) is 2.90. The average Bonchev–Trinajstić information content (AvgIpc) is 2.42. The molecule has 0 bridgehead atoms. The second kappa shape index (κ2) is 6.47. The molecular weight excluding hydrogens is 286 g/mol. The van der Waals surface area contributed by atoms with Crippen LogP contribution in [0.3, 0.4) is 0 Å². The summed E-state index contributed by atoms with van der Waals surface area (Å²) in [6, 6.07) is 9.29. The molecule has 6 heteroatoms. The number of ether oxygens (including phenoxy) is 1. The van der Waals surface area contributed by atoms with Crippen molar-refractivity contribution >= 4 is 5.69 Å². The summed E-state index contributed by atoms with van der Waals surface area (Å²) in [6.45, 7) is -1.38. The predicted octanol–water partition coefficient (Wildman–Crippen LogP) is 4.74. The van der Waals surface area contributed by atoms with E-state index in [0.717, 1.165) is 12.1 Å². The first kappa shape index (κ1) is 15.2. The normalized spacial score (nSPS) is 12.3. The molecule has 2 nitrogen and oxygen atoms in total. The maximum Gasteiger partial charge on any atom is 0.387 e. The van der Waals surface area contributed by atoms with Gasteiger partial charge in [0.2, 0.25) is 0 Å². The zero-order chi connectivity index (χ0) is 15.4. The monoisotopic (exact) mass is 299 g/mol. The number of benzene rings is 2. The molecule has 2 rings (SSSR count). The van der Waals surface area contributed by atoms with Gasteiger partial charge in [0.1, 0.15) is 5.82 Å². The molecule has 1 atom stereocenters. The highest BCUT2D eigenvalue weighted by atomic mass is 19.3. The molecule has 0 spiro atoms. The number of hydrogen-bond donors (Lipinski definition) is 1. The van der Waals surface area contributed by atoms with Crippen molar-refractivity contribution < 1.29 is 22.3 Å². The van der Waals surface area contributed by atoms with Crippen LogP contribution in [0.15, 0.2) is 42.5 Å². The van der Waals surface area contributed by atoms with E-state index in [0.29, 0.717) is 11.3 Å². The van der Waals surface area contributed by atoms with Gasteiger partial charge in [0.15, 0.2) is 11.6 Å². The molecule has 0 aliphatic rings. The van der Waals surface area contributed by atoms with Crippen LogP contribution in [0.2, 0.25) is 0 Å². The smallest absolute Gasteiger partial charge is 0.387 e. The molecule has 0 aliphatic carbocycles. The van der Waals surface area contributed by atoms with Gasteiger partial charge in [-0.3, -0.25) is 0 Å². The second-order valence-electron chi connectivity index (χ2n) is 4.41. The third kappa shape index (κ3) is 3.87. The van der Waals surface area contributed by atoms with Gasteiger partial charge in [0.05, 0.1) is 6.04 Å². The topological polar surface area (TPSA) is 21.3 Å². The Morgan fingerprint density at radius 1 is 1.00 bits per heavy atom. The van der Waals surface area contributed by atoms with Gasteiger partial charge < -0.3 is 10.1 Å². The lowest BCUT2D eigenvalue weighted by molar-refractivity contribution is -0.0521. The number of hydrogen-bond acceptors (Lipinski definition) is 2. The molecule has 1 N–H and O–H groups in total. The highest BCUT2D eigenvalue weighted by molar-refractivity contribution is 5.49. The van der Waals surface area contributed by atoms with Crippen molar-refractivity contribution in [3.63, 3.8) is 0 Å². The molecule has 0 fully saturated rings. The third-order valence-electron chi connectivity index (χ3n) is 2.90. The van der Waals surface area contributed by atoms with Crippen LogP contribution >= 0.6 is 0 Å². The summed E-state index contributed by atoms with van der Waals surface area (Å²) in [5.74, 6) is -1.83. The molecule has 2 aromatic carbocycles. The average molecular weight is 299 g/mol. The first-order valence-electron chi connectivity index (χ1n) is 6.22. The van der Waals surface area contributed by atoms with E-state index in [-0.39, 0.29) is 5.82 Å².